The van der Waals surface area contributed by atoms with Crippen molar-refractivity contribution in [2.45, 2.75) is 0 Å². The van der Waals surface area contributed by atoms with Crippen LogP contribution in [-0.4, -0.2) is 11.5 Å². The molecule has 0 aromatic rings. The van der Waals surface area contributed by atoms with Gasteiger partial charge in [-0.3, -0.25) is 0 Å². The molecule has 0 bridgehead atoms. The third-order valence-corrected chi connectivity index (χ3v) is 1.58. The van der Waals surface area contributed by atoms with Crippen LogP contribution in [0.1, 0.15) is 0 Å². The summed E-state index contributed by atoms with van der Waals surface area (Å²) < 4.78 is 5.14. The van der Waals surface area contributed by atoms with E-state index in [4.69, 9.17) is 6.42 Å². The third kappa shape index (κ3) is 5.41. The summed E-state index contributed by atoms with van der Waals surface area (Å²) in [5.41, 5.74) is 0. The van der Waals surface area contributed by atoms with E-state index in [9.17, 15) is 0 Å². The van der Waals surface area contributed by atoms with Gasteiger partial charge in [0.05, 0.1) is 7.11 Å². The van der Waals surface area contributed by atoms with Crippen LogP contribution in [0.2, 0.25) is 0 Å². The van der Waals surface area contributed by atoms with E-state index >= 15 is 0 Å². The minimum absolute atomic E-state index is 0.474. The van der Waals surface area contributed by atoms with Crippen LogP contribution in [-0.2, 0) is 4.74 Å². The van der Waals surface area contributed by atoms with Gasteiger partial charge in [-0.15, -0.1) is 6.42 Å². The van der Waals surface area contributed by atoms with Crippen molar-refractivity contribution in [3.63, 3.8) is 0 Å². The number of ether oxygens (including phenoxy) is 1. The molecule has 0 spiro atoms. The Hall–Kier alpha value is -0.460. The second-order valence-electron chi connectivity index (χ2n) is 1.04. The molecule has 0 atom stereocenters. The summed E-state index contributed by atoms with van der Waals surface area (Å²) in [6.45, 7) is 0. The van der Waals surface area contributed by atoms with Crippen LogP contribution in [0, 0.1) is 12.3 Å². The summed E-state index contributed by atoms with van der Waals surface area (Å²) in [7, 11) is 1.53. The van der Waals surface area contributed by atoms with Gasteiger partial charge >= 0.3 is 0 Å². The minimum atomic E-state index is 0.474. The van der Waals surface area contributed by atoms with E-state index < -0.39 is 0 Å². The van der Waals surface area contributed by atoms with Crippen molar-refractivity contribution in [2.75, 3.05) is 7.11 Å². The minimum Gasteiger partial charge on any atom is -0.482 e. The van der Waals surface area contributed by atoms with Crippen molar-refractivity contribution in [2.24, 2.45) is 0 Å². The Morgan fingerprint density at radius 1 is 1.89 bits per heavy atom. The molecule has 3 heteroatoms. The van der Waals surface area contributed by atoms with Crippen LogP contribution >= 0.6 is 24.0 Å². The molecule has 0 aromatic heterocycles. The van der Waals surface area contributed by atoms with Crippen LogP contribution in [0.4, 0.5) is 0 Å². The number of thiocarbonyl (C=S) groups is 1. The highest BCUT2D eigenvalue weighted by atomic mass is 32.2. The molecule has 0 unspecified atom stereocenters. The van der Waals surface area contributed by atoms with E-state index in [1.807, 2.05) is 0 Å². The molecule has 9 heavy (non-hydrogen) atoms. The van der Waals surface area contributed by atoms with Crippen molar-refractivity contribution in [1.29, 1.82) is 0 Å². The molecule has 0 radical (unpaired) electrons. The number of allylic oxidation sites excluding steroid dienone is 1. The molecule has 0 amide bonds. The fourth-order valence-electron chi connectivity index (χ4n) is 0.177. The highest BCUT2D eigenvalue weighted by molar-refractivity contribution is 8.24. The lowest BCUT2D eigenvalue weighted by molar-refractivity contribution is 0.426. The van der Waals surface area contributed by atoms with Gasteiger partial charge in [0.15, 0.2) is 0 Å². The average molecular weight is 158 g/mol. The molecular formula is C6H6OS2. The van der Waals surface area contributed by atoms with Crippen LogP contribution in [0.3, 0.4) is 0 Å². The first kappa shape index (κ1) is 8.54. The molecule has 0 aliphatic carbocycles. The normalized spacial score (nSPS) is 8.89. The molecule has 0 saturated carbocycles. The zero-order valence-electron chi connectivity index (χ0n) is 4.96. The first-order valence-corrected chi connectivity index (χ1v) is 3.45. The van der Waals surface area contributed by atoms with Gasteiger partial charge in [-0.2, -0.15) is 0 Å². The number of hydrogen-bond donors (Lipinski definition) is 0. The quantitative estimate of drug-likeness (QED) is 0.425. The van der Waals surface area contributed by atoms with Crippen molar-refractivity contribution >= 4 is 28.4 Å². The Bertz CT molecular complexity index is 155. The second kappa shape index (κ2) is 5.67. The molecule has 0 aliphatic heterocycles. The SMILES string of the molecule is C#C/C=C/SC(=S)OC. The Morgan fingerprint density at radius 3 is 3.00 bits per heavy atom. The standard InChI is InChI=1S/C6H6OS2/c1-3-4-5-9-6(8)7-2/h1,4-5H,2H3/b5-4+. The largest absolute Gasteiger partial charge is 0.482 e. The number of thioether (sulfide) groups is 1. The smallest absolute Gasteiger partial charge is 0.224 e. The maximum absolute atomic E-state index is 4.92. The predicted octanol–water partition coefficient (Wildman–Crippen LogP) is 1.80. The predicted molar refractivity (Wildman–Crippen MR) is 45.2 cm³/mol. The number of hydrogen-bond acceptors (Lipinski definition) is 3. The summed E-state index contributed by atoms with van der Waals surface area (Å²) in [4.78, 5) is 0. The molecule has 0 aliphatic rings. The molecule has 1 nitrogen and oxygen atoms in total. The van der Waals surface area contributed by atoms with E-state index in [2.05, 4.69) is 22.9 Å². The van der Waals surface area contributed by atoms with E-state index in [-0.39, 0.29) is 0 Å². The molecule has 0 aromatic carbocycles. The Balaban J connectivity index is 3.41. The fraction of sp³-hybridized carbons (Fsp3) is 0.167. The van der Waals surface area contributed by atoms with Gasteiger partial charge in [0.1, 0.15) is 0 Å². The van der Waals surface area contributed by atoms with Crippen molar-refractivity contribution in [3.8, 4) is 12.3 Å². The zero-order chi connectivity index (χ0) is 7.11. The van der Waals surface area contributed by atoms with Crippen molar-refractivity contribution in [3.05, 3.63) is 11.5 Å². The summed E-state index contributed by atoms with van der Waals surface area (Å²) >= 11 is 5.98. The zero-order valence-corrected chi connectivity index (χ0v) is 6.59. The van der Waals surface area contributed by atoms with Crippen LogP contribution in [0.5, 0.6) is 0 Å². The lowest BCUT2D eigenvalue weighted by Gasteiger charge is -1.92. The van der Waals surface area contributed by atoms with E-state index in [0.717, 1.165) is 0 Å². The highest BCUT2D eigenvalue weighted by Crippen LogP contribution is 2.05. The van der Waals surface area contributed by atoms with Gasteiger partial charge in [-0.1, -0.05) is 5.92 Å². The maximum Gasteiger partial charge on any atom is 0.224 e. The third-order valence-electron chi connectivity index (χ3n) is 0.495. The first-order chi connectivity index (χ1) is 4.31. The van der Waals surface area contributed by atoms with Gasteiger partial charge in [0.25, 0.3) is 0 Å². The molecule has 0 heterocycles. The van der Waals surface area contributed by atoms with Gasteiger partial charge in [-0.25, -0.2) is 0 Å². The topological polar surface area (TPSA) is 9.23 Å². The molecular weight excluding hydrogens is 152 g/mol. The Kier molecular flexibility index (Phi) is 5.38. The number of methoxy groups -OCH3 is 1. The summed E-state index contributed by atoms with van der Waals surface area (Å²) in [5.74, 6) is 2.33. The van der Waals surface area contributed by atoms with Crippen molar-refractivity contribution in [1.82, 2.24) is 0 Å². The van der Waals surface area contributed by atoms with E-state index in [0.29, 0.717) is 4.38 Å². The van der Waals surface area contributed by atoms with Crippen molar-refractivity contribution < 1.29 is 4.74 Å². The van der Waals surface area contributed by atoms with Gasteiger partial charge in [-0.05, 0) is 35.5 Å². The Labute approximate surface area is 64.5 Å². The Morgan fingerprint density at radius 2 is 2.56 bits per heavy atom. The summed E-state index contributed by atoms with van der Waals surface area (Å²) in [5, 5.41) is 1.70. The van der Waals surface area contributed by atoms with Gasteiger partial charge < -0.3 is 4.74 Å². The second-order valence-corrected chi connectivity index (χ2v) is 2.55. The highest BCUT2D eigenvalue weighted by Gasteiger charge is 1.86. The molecule has 48 valence electrons. The molecule has 0 saturated heterocycles. The molecule has 0 N–H and O–H groups in total. The molecule has 0 fully saturated rings. The lowest BCUT2D eigenvalue weighted by atomic mass is 10.7. The van der Waals surface area contributed by atoms with Gasteiger partial charge in [0, 0.05) is 0 Å². The summed E-state index contributed by atoms with van der Waals surface area (Å²) in [6.07, 6.45) is 6.49. The lowest BCUT2D eigenvalue weighted by Crippen LogP contribution is -1.85. The molecule has 0 rings (SSSR count). The monoisotopic (exact) mass is 158 g/mol. The average Bonchev–Trinajstić information content (AvgIpc) is 1.89. The van der Waals surface area contributed by atoms with Crippen LogP contribution in [0.15, 0.2) is 11.5 Å². The van der Waals surface area contributed by atoms with E-state index in [1.165, 1.54) is 18.9 Å². The van der Waals surface area contributed by atoms with Gasteiger partial charge in [0.2, 0.25) is 4.38 Å². The number of terminal acetylenes is 1. The fourth-order valence-corrected chi connectivity index (χ4v) is 0.698. The van der Waals surface area contributed by atoms with Crippen LogP contribution < -0.4 is 0 Å². The summed E-state index contributed by atoms with van der Waals surface area (Å²) in [6, 6.07) is 0. The number of rotatable bonds is 1. The first-order valence-electron chi connectivity index (χ1n) is 2.17. The van der Waals surface area contributed by atoms with Crippen LogP contribution in [0.25, 0.3) is 0 Å². The van der Waals surface area contributed by atoms with E-state index in [1.54, 1.807) is 11.5 Å². The maximum atomic E-state index is 4.92.